The highest BCUT2D eigenvalue weighted by atomic mass is 16.5. The lowest BCUT2D eigenvalue weighted by atomic mass is 10.1. The van der Waals surface area contributed by atoms with Crippen LogP contribution in [0.2, 0.25) is 0 Å². The summed E-state index contributed by atoms with van der Waals surface area (Å²) in [5.41, 5.74) is 2.68. The molecule has 3 aromatic rings. The maximum Gasteiger partial charge on any atom is 0.253 e. The lowest BCUT2D eigenvalue weighted by molar-refractivity contribution is 0.0595. The summed E-state index contributed by atoms with van der Waals surface area (Å²) in [4.78, 5) is 14.6. The monoisotopic (exact) mass is 363 g/mol. The third kappa shape index (κ3) is 3.97. The van der Waals surface area contributed by atoms with E-state index in [0.29, 0.717) is 18.7 Å². The summed E-state index contributed by atoms with van der Waals surface area (Å²) >= 11 is 0. The minimum absolute atomic E-state index is 0.0484. The molecule has 0 atom stereocenters. The molecular weight excluding hydrogens is 342 g/mol. The minimum Gasteiger partial charge on any atom is -0.490 e. The Balaban J connectivity index is 1.34. The summed E-state index contributed by atoms with van der Waals surface area (Å²) < 4.78 is 7.63. The molecule has 7 nitrogen and oxygen atoms in total. The van der Waals surface area contributed by atoms with Gasteiger partial charge in [0.25, 0.3) is 5.91 Å². The summed E-state index contributed by atoms with van der Waals surface area (Å²) in [6.45, 7) is 3.45. The van der Waals surface area contributed by atoms with Crippen LogP contribution in [0.1, 0.15) is 28.8 Å². The first-order valence-corrected chi connectivity index (χ1v) is 9.05. The average Bonchev–Trinajstić information content (AvgIpc) is 3.23. The molecule has 1 fully saturated rings. The Morgan fingerprint density at radius 2 is 1.89 bits per heavy atom. The molecule has 0 saturated carbocycles. The van der Waals surface area contributed by atoms with Crippen molar-refractivity contribution in [2.24, 2.45) is 0 Å². The number of tetrazole rings is 1. The summed E-state index contributed by atoms with van der Waals surface area (Å²) in [5.74, 6) is 0.949. The average molecular weight is 363 g/mol. The number of amides is 1. The number of hydrogen-bond donors (Lipinski definition) is 0. The van der Waals surface area contributed by atoms with Crippen LogP contribution in [0.5, 0.6) is 5.75 Å². The Morgan fingerprint density at radius 1 is 1.11 bits per heavy atom. The molecule has 0 unspecified atom stereocenters. The zero-order chi connectivity index (χ0) is 18.6. The van der Waals surface area contributed by atoms with Gasteiger partial charge in [-0.2, -0.15) is 0 Å². The number of aryl methyl sites for hydroxylation is 1. The molecule has 1 aliphatic heterocycles. The SMILES string of the molecule is Cc1cccc(OC2CCN(C(=O)c3ccc(-n4cnnn4)cc3)CC2)c1. The fraction of sp³-hybridized carbons (Fsp3) is 0.300. The molecule has 2 heterocycles. The third-order valence-electron chi connectivity index (χ3n) is 4.75. The second kappa shape index (κ2) is 7.57. The molecule has 1 aromatic heterocycles. The summed E-state index contributed by atoms with van der Waals surface area (Å²) in [6, 6.07) is 15.4. The van der Waals surface area contributed by atoms with Crippen LogP contribution in [0.4, 0.5) is 0 Å². The number of nitrogens with zero attached hydrogens (tertiary/aromatic N) is 5. The minimum atomic E-state index is 0.0484. The van der Waals surface area contributed by atoms with Crippen LogP contribution in [-0.4, -0.2) is 50.2 Å². The Hall–Kier alpha value is -3.22. The predicted molar refractivity (Wildman–Crippen MR) is 99.9 cm³/mol. The lowest BCUT2D eigenvalue weighted by Gasteiger charge is -2.32. The zero-order valence-corrected chi connectivity index (χ0v) is 15.2. The van der Waals surface area contributed by atoms with Crippen molar-refractivity contribution in [3.63, 3.8) is 0 Å². The maximum absolute atomic E-state index is 12.7. The Labute approximate surface area is 157 Å². The second-order valence-corrected chi connectivity index (χ2v) is 6.73. The van der Waals surface area contributed by atoms with Crippen LogP contribution in [0.3, 0.4) is 0 Å². The first-order chi connectivity index (χ1) is 13.2. The van der Waals surface area contributed by atoms with Gasteiger partial charge in [-0.05, 0) is 59.3 Å². The van der Waals surface area contributed by atoms with Crippen LogP contribution in [0.25, 0.3) is 5.69 Å². The molecule has 138 valence electrons. The molecule has 1 amide bonds. The normalized spacial score (nSPS) is 14.9. The number of hydrogen-bond acceptors (Lipinski definition) is 5. The number of likely N-dealkylation sites (tertiary alicyclic amines) is 1. The number of ether oxygens (including phenoxy) is 1. The van der Waals surface area contributed by atoms with Gasteiger partial charge in [0, 0.05) is 31.5 Å². The van der Waals surface area contributed by atoms with E-state index >= 15 is 0 Å². The number of aromatic nitrogens is 4. The molecule has 0 radical (unpaired) electrons. The van der Waals surface area contributed by atoms with E-state index in [4.69, 9.17) is 4.74 Å². The maximum atomic E-state index is 12.7. The van der Waals surface area contributed by atoms with Crippen molar-refractivity contribution in [1.29, 1.82) is 0 Å². The van der Waals surface area contributed by atoms with Crippen LogP contribution in [-0.2, 0) is 0 Å². The van der Waals surface area contributed by atoms with Gasteiger partial charge >= 0.3 is 0 Å². The van der Waals surface area contributed by atoms with Gasteiger partial charge in [-0.3, -0.25) is 4.79 Å². The van der Waals surface area contributed by atoms with Gasteiger partial charge in [-0.15, -0.1) is 5.10 Å². The molecule has 0 aliphatic carbocycles. The zero-order valence-electron chi connectivity index (χ0n) is 15.2. The van der Waals surface area contributed by atoms with E-state index in [1.54, 1.807) is 4.68 Å². The van der Waals surface area contributed by atoms with E-state index in [0.717, 1.165) is 24.3 Å². The molecule has 0 spiro atoms. The number of piperidine rings is 1. The number of rotatable bonds is 4. The van der Waals surface area contributed by atoms with Gasteiger partial charge in [-0.1, -0.05) is 12.1 Å². The first kappa shape index (κ1) is 17.2. The molecule has 0 bridgehead atoms. The van der Waals surface area contributed by atoms with E-state index in [2.05, 4.69) is 28.5 Å². The Bertz CT molecular complexity index is 900. The fourth-order valence-electron chi connectivity index (χ4n) is 3.28. The van der Waals surface area contributed by atoms with Crippen LogP contribution < -0.4 is 4.74 Å². The van der Waals surface area contributed by atoms with Crippen molar-refractivity contribution in [1.82, 2.24) is 25.1 Å². The molecule has 27 heavy (non-hydrogen) atoms. The van der Waals surface area contributed by atoms with Crippen LogP contribution in [0.15, 0.2) is 54.9 Å². The summed E-state index contributed by atoms with van der Waals surface area (Å²) in [5, 5.41) is 11.1. The number of benzene rings is 2. The van der Waals surface area contributed by atoms with Gasteiger partial charge in [0.05, 0.1) is 5.69 Å². The van der Waals surface area contributed by atoms with E-state index in [9.17, 15) is 4.79 Å². The third-order valence-corrected chi connectivity index (χ3v) is 4.75. The van der Waals surface area contributed by atoms with Crippen molar-refractivity contribution in [2.45, 2.75) is 25.9 Å². The van der Waals surface area contributed by atoms with Gasteiger partial charge < -0.3 is 9.64 Å². The van der Waals surface area contributed by atoms with E-state index < -0.39 is 0 Å². The molecule has 1 saturated heterocycles. The molecule has 4 rings (SSSR count). The van der Waals surface area contributed by atoms with Crippen LogP contribution in [0, 0.1) is 6.92 Å². The topological polar surface area (TPSA) is 73.1 Å². The highest BCUT2D eigenvalue weighted by molar-refractivity contribution is 5.94. The fourth-order valence-corrected chi connectivity index (χ4v) is 3.28. The van der Waals surface area contributed by atoms with Gasteiger partial charge in [0.2, 0.25) is 0 Å². The molecular formula is C20H21N5O2. The van der Waals surface area contributed by atoms with Gasteiger partial charge in [0.1, 0.15) is 18.2 Å². The quantitative estimate of drug-likeness (QED) is 0.712. The standard InChI is InChI=1S/C20H21N5O2/c1-15-3-2-4-19(13-15)27-18-9-11-24(12-10-18)20(26)16-5-7-17(8-6-16)25-14-21-22-23-25/h2-8,13-14,18H,9-12H2,1H3. The molecule has 0 N–H and O–H groups in total. The summed E-state index contributed by atoms with van der Waals surface area (Å²) in [7, 11) is 0. The largest absolute Gasteiger partial charge is 0.490 e. The summed E-state index contributed by atoms with van der Waals surface area (Å²) in [6.07, 6.45) is 3.35. The van der Waals surface area contributed by atoms with Crippen molar-refractivity contribution >= 4 is 5.91 Å². The first-order valence-electron chi connectivity index (χ1n) is 9.05. The van der Waals surface area contributed by atoms with Crippen molar-refractivity contribution in [3.05, 3.63) is 66.0 Å². The number of carbonyl (C=O) groups excluding carboxylic acids is 1. The van der Waals surface area contributed by atoms with E-state index in [1.165, 1.54) is 11.9 Å². The van der Waals surface area contributed by atoms with E-state index in [-0.39, 0.29) is 12.0 Å². The molecule has 1 aliphatic rings. The smallest absolute Gasteiger partial charge is 0.253 e. The predicted octanol–water partition coefficient (Wildman–Crippen LogP) is 2.65. The van der Waals surface area contributed by atoms with Crippen molar-refractivity contribution in [3.8, 4) is 11.4 Å². The van der Waals surface area contributed by atoms with E-state index in [1.807, 2.05) is 47.4 Å². The highest BCUT2D eigenvalue weighted by Gasteiger charge is 2.24. The lowest BCUT2D eigenvalue weighted by Crippen LogP contribution is -2.41. The number of carbonyl (C=O) groups is 1. The molecule has 7 heteroatoms. The van der Waals surface area contributed by atoms with Gasteiger partial charge in [0.15, 0.2) is 0 Å². The second-order valence-electron chi connectivity index (χ2n) is 6.73. The van der Waals surface area contributed by atoms with Crippen LogP contribution >= 0.6 is 0 Å². The Morgan fingerprint density at radius 3 is 2.56 bits per heavy atom. The van der Waals surface area contributed by atoms with Crippen molar-refractivity contribution < 1.29 is 9.53 Å². The van der Waals surface area contributed by atoms with Gasteiger partial charge in [-0.25, -0.2) is 4.68 Å². The van der Waals surface area contributed by atoms with Crippen molar-refractivity contribution in [2.75, 3.05) is 13.1 Å². The highest BCUT2D eigenvalue weighted by Crippen LogP contribution is 2.21. The Kier molecular flexibility index (Phi) is 4.82. The molecule has 2 aromatic carbocycles.